The Kier molecular flexibility index (Phi) is 8.66. The van der Waals surface area contributed by atoms with Crippen LogP contribution in [0, 0.1) is 0 Å². The van der Waals surface area contributed by atoms with Gasteiger partial charge in [0.25, 0.3) is 0 Å². The summed E-state index contributed by atoms with van der Waals surface area (Å²) in [6.07, 6.45) is 2.89. The van der Waals surface area contributed by atoms with Crippen LogP contribution in [0.15, 0.2) is 118 Å². The number of carbonyl (C=O) groups is 2. The Labute approximate surface area is 260 Å². The summed E-state index contributed by atoms with van der Waals surface area (Å²) < 4.78 is 13.3. The van der Waals surface area contributed by atoms with Crippen LogP contribution in [0.2, 0.25) is 0 Å². The van der Waals surface area contributed by atoms with Crippen molar-refractivity contribution in [2.45, 2.75) is 12.3 Å². The van der Waals surface area contributed by atoms with Crippen LogP contribution < -0.4 is 9.47 Å². The van der Waals surface area contributed by atoms with Gasteiger partial charge in [-0.25, -0.2) is 0 Å². The third-order valence-corrected chi connectivity index (χ3v) is 8.02. The molecule has 0 saturated heterocycles. The molecule has 0 radical (unpaired) electrons. The summed E-state index contributed by atoms with van der Waals surface area (Å²) in [5.41, 5.74) is 5.69. The van der Waals surface area contributed by atoms with E-state index >= 15 is 0 Å². The highest BCUT2D eigenvalue weighted by atomic mass is 79.9. The highest BCUT2D eigenvalue weighted by Gasteiger charge is 2.46. The molecule has 0 amide bonds. The average Bonchev–Trinajstić information content (AvgIpc) is 3.24. The fourth-order valence-electron chi connectivity index (χ4n) is 5.38. The second kappa shape index (κ2) is 12.4. The van der Waals surface area contributed by atoms with Crippen LogP contribution >= 0.6 is 31.9 Å². The second-order valence-corrected chi connectivity index (χ2v) is 11.6. The lowest BCUT2D eigenvalue weighted by Gasteiger charge is -2.34. The third kappa shape index (κ3) is 5.78. The average molecular weight is 690 g/mol. The normalized spacial score (nSPS) is 13.5. The standard InChI is InChI=1S/C34H26Br2O6/c1-21(38)16-27(40)20-42-29-10-4-23(5-11-29)34(22-2-8-28(9-3-22)41-19-26(39)14-15-37)32-17-24(35)6-12-30(32)31-13-7-25(36)18-33(31)34/h2-18,37,40H,19-20H2,1H3. The number of fused-ring (bicyclic) bond motifs is 3. The molecule has 6 nitrogen and oxygen atoms in total. The Balaban J connectivity index is 1.63. The van der Waals surface area contributed by atoms with Crippen molar-refractivity contribution in [2.75, 3.05) is 13.2 Å². The Morgan fingerprint density at radius 2 is 1.24 bits per heavy atom. The van der Waals surface area contributed by atoms with E-state index in [1.54, 1.807) is 0 Å². The molecule has 0 fully saturated rings. The number of aliphatic hydroxyl groups excluding tert-OH is 2. The Bertz CT molecular complexity index is 1650. The Hall–Kier alpha value is -4.14. The largest absolute Gasteiger partial charge is 0.515 e. The maximum atomic E-state index is 11.8. The molecule has 0 bridgehead atoms. The van der Waals surface area contributed by atoms with Gasteiger partial charge in [-0.2, -0.15) is 0 Å². The van der Waals surface area contributed by atoms with Gasteiger partial charge < -0.3 is 19.7 Å². The van der Waals surface area contributed by atoms with Crippen LogP contribution in [0.25, 0.3) is 11.1 Å². The van der Waals surface area contributed by atoms with Gasteiger partial charge in [0.1, 0.15) is 23.9 Å². The van der Waals surface area contributed by atoms with E-state index in [1.807, 2.05) is 60.7 Å². The second-order valence-electron chi connectivity index (χ2n) is 9.78. The molecule has 212 valence electrons. The van der Waals surface area contributed by atoms with Crippen LogP contribution in [-0.2, 0) is 15.0 Å². The first kappa shape index (κ1) is 29.4. The molecule has 4 aromatic rings. The predicted molar refractivity (Wildman–Crippen MR) is 168 cm³/mol. The minimum Gasteiger partial charge on any atom is -0.515 e. The molecule has 1 aliphatic carbocycles. The number of allylic oxidation sites excluding steroid dienone is 1. The van der Waals surface area contributed by atoms with Crippen molar-refractivity contribution in [1.82, 2.24) is 0 Å². The number of carbonyl (C=O) groups excluding carboxylic acids is 2. The van der Waals surface area contributed by atoms with E-state index in [-0.39, 0.29) is 30.5 Å². The number of hydrogen-bond acceptors (Lipinski definition) is 6. The summed E-state index contributed by atoms with van der Waals surface area (Å²) >= 11 is 7.37. The minimum absolute atomic E-state index is 0.117. The van der Waals surface area contributed by atoms with E-state index in [0.29, 0.717) is 17.8 Å². The number of ketones is 2. The van der Waals surface area contributed by atoms with Crippen LogP contribution in [0.3, 0.4) is 0 Å². The molecule has 4 aromatic carbocycles. The fourth-order valence-corrected chi connectivity index (χ4v) is 6.10. The lowest BCUT2D eigenvalue weighted by Crippen LogP contribution is -2.28. The first-order chi connectivity index (χ1) is 20.2. The molecular weight excluding hydrogens is 664 g/mol. The first-order valence-corrected chi connectivity index (χ1v) is 14.6. The lowest BCUT2D eigenvalue weighted by molar-refractivity contribution is -0.116. The fraction of sp³-hybridized carbons (Fsp3) is 0.118. The van der Waals surface area contributed by atoms with Gasteiger partial charge in [0, 0.05) is 21.1 Å². The molecule has 0 saturated carbocycles. The number of hydrogen-bond donors (Lipinski definition) is 2. The lowest BCUT2D eigenvalue weighted by atomic mass is 9.67. The van der Waals surface area contributed by atoms with Gasteiger partial charge in [-0.15, -0.1) is 0 Å². The van der Waals surface area contributed by atoms with Gasteiger partial charge in [-0.1, -0.05) is 68.3 Å². The van der Waals surface area contributed by atoms with Crippen molar-refractivity contribution in [3.05, 3.63) is 140 Å². The topological polar surface area (TPSA) is 93.1 Å². The predicted octanol–water partition coefficient (Wildman–Crippen LogP) is 8.00. The van der Waals surface area contributed by atoms with E-state index in [1.165, 1.54) is 6.92 Å². The van der Waals surface area contributed by atoms with Gasteiger partial charge in [0.05, 0.1) is 11.7 Å². The van der Waals surface area contributed by atoms with Crippen molar-refractivity contribution in [3.8, 4) is 22.6 Å². The summed E-state index contributed by atoms with van der Waals surface area (Å²) in [6.45, 7) is 1.06. The molecule has 0 aromatic heterocycles. The van der Waals surface area contributed by atoms with Crippen LogP contribution in [0.4, 0.5) is 0 Å². The van der Waals surface area contributed by atoms with Crippen molar-refractivity contribution >= 4 is 43.4 Å². The van der Waals surface area contributed by atoms with Gasteiger partial charge in [0.15, 0.2) is 18.2 Å². The van der Waals surface area contributed by atoms with Gasteiger partial charge in [-0.05, 0) is 88.8 Å². The molecular formula is C34H26Br2O6. The molecule has 2 N–H and O–H groups in total. The van der Waals surface area contributed by atoms with E-state index in [9.17, 15) is 14.7 Å². The van der Waals surface area contributed by atoms with E-state index < -0.39 is 5.41 Å². The zero-order chi connectivity index (χ0) is 29.9. The Morgan fingerprint density at radius 1 is 0.762 bits per heavy atom. The minimum atomic E-state index is -0.707. The highest BCUT2D eigenvalue weighted by Crippen LogP contribution is 2.57. The van der Waals surface area contributed by atoms with Gasteiger partial charge in [-0.3, -0.25) is 9.59 Å². The monoisotopic (exact) mass is 688 g/mol. The third-order valence-electron chi connectivity index (χ3n) is 7.03. The molecule has 5 rings (SSSR count). The summed E-state index contributed by atoms with van der Waals surface area (Å²) in [7, 11) is 0. The highest BCUT2D eigenvalue weighted by molar-refractivity contribution is 9.10. The number of halogens is 2. The number of ether oxygens (including phenoxy) is 2. The van der Waals surface area contributed by atoms with E-state index in [4.69, 9.17) is 14.6 Å². The molecule has 42 heavy (non-hydrogen) atoms. The Morgan fingerprint density at radius 3 is 1.69 bits per heavy atom. The quantitative estimate of drug-likeness (QED) is 0.114. The van der Waals surface area contributed by atoms with E-state index in [2.05, 4.69) is 56.1 Å². The van der Waals surface area contributed by atoms with Crippen molar-refractivity contribution in [2.24, 2.45) is 0 Å². The smallest absolute Gasteiger partial charge is 0.196 e. The summed E-state index contributed by atoms with van der Waals surface area (Å²) in [6, 6.07) is 28.0. The number of aliphatic hydroxyl groups is 2. The maximum Gasteiger partial charge on any atom is 0.196 e. The molecule has 0 aliphatic heterocycles. The molecule has 0 spiro atoms. The SMILES string of the molecule is CC(=O)C=C(O)COc1ccc(C2(c3ccc(OCC(=O)C=CO)cc3)c3cc(Br)ccc3-c3ccc(Br)cc32)cc1. The molecule has 8 heteroatoms. The van der Waals surface area contributed by atoms with Crippen molar-refractivity contribution < 1.29 is 29.3 Å². The van der Waals surface area contributed by atoms with Crippen LogP contribution in [0.5, 0.6) is 11.5 Å². The zero-order valence-electron chi connectivity index (χ0n) is 22.5. The first-order valence-electron chi connectivity index (χ1n) is 13.0. The van der Waals surface area contributed by atoms with Crippen molar-refractivity contribution in [1.29, 1.82) is 0 Å². The molecule has 0 heterocycles. The maximum absolute atomic E-state index is 11.8. The summed E-state index contributed by atoms with van der Waals surface area (Å²) in [5, 5.41) is 18.8. The molecule has 0 atom stereocenters. The van der Waals surface area contributed by atoms with Crippen molar-refractivity contribution in [3.63, 3.8) is 0 Å². The van der Waals surface area contributed by atoms with Crippen LogP contribution in [0.1, 0.15) is 29.2 Å². The molecule has 1 aliphatic rings. The van der Waals surface area contributed by atoms with Crippen LogP contribution in [-0.4, -0.2) is 35.0 Å². The van der Waals surface area contributed by atoms with Gasteiger partial charge in [0.2, 0.25) is 0 Å². The number of rotatable bonds is 10. The molecule has 0 unspecified atom stereocenters. The van der Waals surface area contributed by atoms with Gasteiger partial charge >= 0.3 is 0 Å². The number of benzene rings is 4. The summed E-state index contributed by atoms with van der Waals surface area (Å²) in [4.78, 5) is 23.1. The summed E-state index contributed by atoms with van der Waals surface area (Å²) in [5.74, 6) is 0.322. The van der Waals surface area contributed by atoms with E-state index in [0.717, 1.165) is 54.5 Å². The zero-order valence-corrected chi connectivity index (χ0v) is 25.7.